The SMILES string of the molecule is COc1cccc(Cc2cnc3[nH]c4ccc(CCc5ccccc5)cc4c3c2)c1. The van der Waals surface area contributed by atoms with Gasteiger partial charge in [0.15, 0.2) is 0 Å². The van der Waals surface area contributed by atoms with Gasteiger partial charge in [-0.25, -0.2) is 4.98 Å². The van der Waals surface area contributed by atoms with Crippen molar-refractivity contribution in [1.82, 2.24) is 9.97 Å². The molecule has 0 atom stereocenters. The zero-order valence-electron chi connectivity index (χ0n) is 17.1. The third-order valence-corrected chi connectivity index (χ3v) is 5.66. The Kier molecular flexibility index (Phi) is 4.94. The number of H-pyrrole nitrogens is 1. The molecule has 5 aromatic rings. The maximum absolute atomic E-state index is 5.36. The van der Waals surface area contributed by atoms with Crippen molar-refractivity contribution in [2.75, 3.05) is 7.11 Å². The van der Waals surface area contributed by atoms with Crippen LogP contribution in [0.5, 0.6) is 5.75 Å². The maximum Gasteiger partial charge on any atom is 0.138 e. The van der Waals surface area contributed by atoms with Crippen LogP contribution >= 0.6 is 0 Å². The van der Waals surface area contributed by atoms with Gasteiger partial charge in [0.2, 0.25) is 0 Å². The lowest BCUT2D eigenvalue weighted by molar-refractivity contribution is 0.414. The molecule has 30 heavy (non-hydrogen) atoms. The van der Waals surface area contributed by atoms with Gasteiger partial charge < -0.3 is 9.72 Å². The molecule has 0 radical (unpaired) electrons. The van der Waals surface area contributed by atoms with E-state index in [1.165, 1.54) is 33.0 Å². The first-order chi connectivity index (χ1) is 14.8. The van der Waals surface area contributed by atoms with E-state index in [2.05, 4.69) is 71.7 Å². The summed E-state index contributed by atoms with van der Waals surface area (Å²) < 4.78 is 5.36. The zero-order chi connectivity index (χ0) is 20.3. The van der Waals surface area contributed by atoms with Crippen LogP contribution < -0.4 is 4.74 Å². The van der Waals surface area contributed by atoms with Gasteiger partial charge in [0.05, 0.1) is 7.11 Å². The van der Waals surface area contributed by atoms with Gasteiger partial charge in [-0.15, -0.1) is 0 Å². The third kappa shape index (κ3) is 3.79. The number of aromatic amines is 1. The molecular weight excluding hydrogens is 368 g/mol. The summed E-state index contributed by atoms with van der Waals surface area (Å²) in [7, 11) is 1.70. The Bertz CT molecular complexity index is 1300. The van der Waals surface area contributed by atoms with E-state index < -0.39 is 0 Å². The summed E-state index contributed by atoms with van der Waals surface area (Å²) in [4.78, 5) is 8.15. The average molecular weight is 393 g/mol. The van der Waals surface area contributed by atoms with Crippen LogP contribution in [0.3, 0.4) is 0 Å². The maximum atomic E-state index is 5.36. The first-order valence-corrected chi connectivity index (χ1v) is 10.3. The molecule has 0 amide bonds. The van der Waals surface area contributed by atoms with Crippen molar-refractivity contribution in [3.63, 3.8) is 0 Å². The Morgan fingerprint density at radius 1 is 0.733 bits per heavy atom. The number of ether oxygens (including phenoxy) is 1. The Morgan fingerprint density at radius 3 is 2.40 bits per heavy atom. The number of pyridine rings is 1. The molecule has 3 heteroatoms. The average Bonchev–Trinajstić information content (AvgIpc) is 3.16. The van der Waals surface area contributed by atoms with E-state index in [-0.39, 0.29) is 0 Å². The molecule has 0 spiro atoms. The standard InChI is InChI=1S/C27H24N2O/c1-30-23-9-5-8-21(15-23)14-22-17-25-24-16-20(11-10-19-6-3-2-4-7-19)12-13-26(24)29-27(25)28-18-22/h2-9,12-13,15-18H,10-11,14H2,1H3,(H,28,29). The molecule has 0 fully saturated rings. The summed E-state index contributed by atoms with van der Waals surface area (Å²) in [6.07, 6.45) is 4.88. The first kappa shape index (κ1) is 18.4. The summed E-state index contributed by atoms with van der Waals surface area (Å²) in [5.74, 6) is 0.886. The fourth-order valence-electron chi connectivity index (χ4n) is 4.07. The van der Waals surface area contributed by atoms with Crippen molar-refractivity contribution >= 4 is 21.9 Å². The normalized spacial score (nSPS) is 11.2. The highest BCUT2D eigenvalue weighted by atomic mass is 16.5. The number of hydrogen-bond donors (Lipinski definition) is 1. The largest absolute Gasteiger partial charge is 0.497 e. The lowest BCUT2D eigenvalue weighted by atomic mass is 10.0. The Labute approximate surface area is 176 Å². The Hall–Kier alpha value is -3.59. The lowest BCUT2D eigenvalue weighted by Crippen LogP contribution is -1.91. The van der Waals surface area contributed by atoms with Gasteiger partial charge in [0.1, 0.15) is 11.4 Å². The number of nitrogens with one attached hydrogen (secondary N) is 1. The van der Waals surface area contributed by atoms with Gasteiger partial charge in [-0.2, -0.15) is 0 Å². The van der Waals surface area contributed by atoms with Crippen LogP contribution in [0.25, 0.3) is 21.9 Å². The van der Waals surface area contributed by atoms with E-state index in [4.69, 9.17) is 9.72 Å². The number of nitrogens with zero attached hydrogens (tertiary/aromatic N) is 1. The lowest BCUT2D eigenvalue weighted by Gasteiger charge is -2.05. The van der Waals surface area contributed by atoms with Crippen LogP contribution in [-0.2, 0) is 19.3 Å². The molecule has 0 saturated heterocycles. The van der Waals surface area contributed by atoms with Gasteiger partial charge in [-0.05, 0) is 71.8 Å². The number of methoxy groups -OCH3 is 1. The van der Waals surface area contributed by atoms with Gasteiger partial charge in [-0.3, -0.25) is 0 Å². The van der Waals surface area contributed by atoms with Crippen LogP contribution in [0.2, 0.25) is 0 Å². The zero-order valence-corrected chi connectivity index (χ0v) is 17.1. The van der Waals surface area contributed by atoms with Crippen LogP contribution in [0.15, 0.2) is 85.1 Å². The molecule has 1 N–H and O–H groups in total. The summed E-state index contributed by atoms with van der Waals surface area (Å²) >= 11 is 0. The van der Waals surface area contributed by atoms with Crippen LogP contribution in [0, 0.1) is 0 Å². The first-order valence-electron chi connectivity index (χ1n) is 10.3. The highest BCUT2D eigenvalue weighted by molar-refractivity contribution is 6.06. The Morgan fingerprint density at radius 2 is 1.53 bits per heavy atom. The highest BCUT2D eigenvalue weighted by Crippen LogP contribution is 2.27. The minimum absolute atomic E-state index is 0.834. The van der Waals surface area contributed by atoms with Gasteiger partial charge >= 0.3 is 0 Å². The smallest absolute Gasteiger partial charge is 0.138 e. The van der Waals surface area contributed by atoms with E-state index >= 15 is 0 Å². The molecule has 0 aliphatic carbocycles. The minimum Gasteiger partial charge on any atom is -0.497 e. The summed E-state index contributed by atoms with van der Waals surface area (Å²) in [6, 6.07) is 27.9. The number of benzene rings is 3. The fourth-order valence-corrected chi connectivity index (χ4v) is 4.07. The van der Waals surface area contributed by atoms with Crippen molar-refractivity contribution in [2.45, 2.75) is 19.3 Å². The predicted molar refractivity (Wildman–Crippen MR) is 123 cm³/mol. The van der Waals surface area contributed by atoms with E-state index in [0.29, 0.717) is 0 Å². The second-order valence-electron chi connectivity index (χ2n) is 7.76. The van der Waals surface area contributed by atoms with Crippen LogP contribution in [0.4, 0.5) is 0 Å². The number of aromatic nitrogens is 2. The summed E-state index contributed by atoms with van der Waals surface area (Å²) in [5, 5.41) is 2.43. The molecule has 5 rings (SSSR count). The Balaban J connectivity index is 1.45. The molecule has 0 aliphatic rings. The van der Waals surface area contributed by atoms with Crippen molar-refractivity contribution in [2.24, 2.45) is 0 Å². The number of aryl methyl sites for hydroxylation is 2. The summed E-state index contributed by atoms with van der Waals surface area (Å²) in [5.41, 5.74) is 7.23. The monoisotopic (exact) mass is 392 g/mol. The predicted octanol–water partition coefficient (Wildman–Crippen LogP) is 6.10. The van der Waals surface area contributed by atoms with Crippen molar-refractivity contribution in [3.05, 3.63) is 107 Å². The van der Waals surface area contributed by atoms with Crippen molar-refractivity contribution in [3.8, 4) is 5.75 Å². The quantitative estimate of drug-likeness (QED) is 0.379. The van der Waals surface area contributed by atoms with E-state index in [9.17, 15) is 0 Å². The molecule has 0 unspecified atom stereocenters. The van der Waals surface area contributed by atoms with Crippen molar-refractivity contribution < 1.29 is 4.74 Å². The number of hydrogen-bond acceptors (Lipinski definition) is 2. The minimum atomic E-state index is 0.834. The number of rotatable bonds is 6. The molecule has 0 aliphatic heterocycles. The molecule has 0 saturated carbocycles. The molecule has 2 heterocycles. The number of fused-ring (bicyclic) bond motifs is 3. The van der Waals surface area contributed by atoms with E-state index in [0.717, 1.165) is 36.2 Å². The topological polar surface area (TPSA) is 37.9 Å². The molecular formula is C27H24N2O. The van der Waals surface area contributed by atoms with Gasteiger partial charge in [-0.1, -0.05) is 48.5 Å². The van der Waals surface area contributed by atoms with E-state index in [1.807, 2.05) is 18.3 Å². The second kappa shape index (κ2) is 8.03. The van der Waals surface area contributed by atoms with Gasteiger partial charge in [0.25, 0.3) is 0 Å². The molecule has 148 valence electrons. The summed E-state index contributed by atoms with van der Waals surface area (Å²) in [6.45, 7) is 0. The molecule has 3 nitrogen and oxygen atoms in total. The van der Waals surface area contributed by atoms with Crippen LogP contribution in [-0.4, -0.2) is 17.1 Å². The molecule has 2 aromatic heterocycles. The van der Waals surface area contributed by atoms with Crippen molar-refractivity contribution in [1.29, 1.82) is 0 Å². The van der Waals surface area contributed by atoms with Gasteiger partial charge in [0, 0.05) is 22.5 Å². The molecule has 0 bridgehead atoms. The highest BCUT2D eigenvalue weighted by Gasteiger charge is 2.08. The van der Waals surface area contributed by atoms with E-state index in [1.54, 1.807) is 7.11 Å². The third-order valence-electron chi connectivity index (χ3n) is 5.66. The second-order valence-corrected chi connectivity index (χ2v) is 7.76. The fraction of sp³-hybridized carbons (Fsp3) is 0.148. The molecule has 3 aromatic carbocycles. The van der Waals surface area contributed by atoms with Crippen LogP contribution in [0.1, 0.15) is 22.3 Å².